The summed E-state index contributed by atoms with van der Waals surface area (Å²) < 4.78 is 21.0. The van der Waals surface area contributed by atoms with E-state index in [9.17, 15) is 9.50 Å². The Morgan fingerprint density at radius 1 is 1.42 bits per heavy atom. The van der Waals surface area contributed by atoms with Crippen molar-refractivity contribution in [3.63, 3.8) is 0 Å². The van der Waals surface area contributed by atoms with Gasteiger partial charge in [0, 0.05) is 31.2 Å². The summed E-state index contributed by atoms with van der Waals surface area (Å²) in [5.41, 5.74) is 0.0944. The second-order valence-electron chi connectivity index (χ2n) is 6.60. The molecule has 0 spiro atoms. The van der Waals surface area contributed by atoms with Crippen LogP contribution in [0.5, 0.6) is 5.75 Å². The third-order valence-electron chi connectivity index (χ3n) is 4.50. The first-order valence-corrected chi connectivity index (χ1v) is 8.11. The Labute approximate surface area is 140 Å². The van der Waals surface area contributed by atoms with E-state index < -0.39 is 5.60 Å². The van der Waals surface area contributed by atoms with E-state index in [1.165, 1.54) is 7.11 Å². The number of hydrogen-bond donors (Lipinski definition) is 1. The summed E-state index contributed by atoms with van der Waals surface area (Å²) in [5.74, 6) is -0.108. The van der Waals surface area contributed by atoms with Gasteiger partial charge in [-0.1, -0.05) is 17.3 Å². The van der Waals surface area contributed by atoms with Crippen LogP contribution in [-0.4, -0.2) is 45.2 Å². The molecule has 1 unspecified atom stereocenters. The van der Waals surface area contributed by atoms with Gasteiger partial charge in [0.2, 0.25) is 0 Å². The molecule has 1 saturated heterocycles. The highest BCUT2D eigenvalue weighted by Gasteiger charge is 2.40. The summed E-state index contributed by atoms with van der Waals surface area (Å²) in [7, 11) is 1.45. The Kier molecular flexibility index (Phi) is 4.56. The molecule has 7 heteroatoms. The molecule has 1 fully saturated rings. The maximum Gasteiger partial charge on any atom is 0.169 e. The number of likely N-dealkylation sites (tertiary alicyclic amines) is 1. The second-order valence-corrected chi connectivity index (χ2v) is 6.60. The van der Waals surface area contributed by atoms with Gasteiger partial charge in [-0.2, -0.15) is 0 Å². The van der Waals surface area contributed by atoms with Gasteiger partial charge in [-0.15, -0.1) is 5.10 Å². The summed E-state index contributed by atoms with van der Waals surface area (Å²) >= 11 is 0. The number of rotatable bonds is 5. The molecule has 2 aromatic rings. The van der Waals surface area contributed by atoms with Crippen LogP contribution in [0.3, 0.4) is 0 Å². The number of nitrogens with zero attached hydrogens (tertiary/aromatic N) is 4. The zero-order chi connectivity index (χ0) is 17.3. The molecule has 1 atom stereocenters. The number of aliphatic hydroxyl groups is 1. The van der Waals surface area contributed by atoms with Crippen LogP contribution in [0.25, 0.3) is 0 Å². The maximum absolute atomic E-state index is 14.3. The molecule has 1 N–H and O–H groups in total. The summed E-state index contributed by atoms with van der Waals surface area (Å²) in [6, 6.07) is 5.31. The first kappa shape index (κ1) is 16.9. The van der Waals surface area contributed by atoms with Crippen molar-refractivity contribution < 1.29 is 14.2 Å². The Balaban J connectivity index is 1.73. The molecule has 1 aromatic carbocycles. The number of methoxy groups -OCH3 is 1. The Hall–Kier alpha value is -1.99. The van der Waals surface area contributed by atoms with Gasteiger partial charge in [0.1, 0.15) is 11.3 Å². The van der Waals surface area contributed by atoms with Gasteiger partial charge in [0.25, 0.3) is 0 Å². The summed E-state index contributed by atoms with van der Waals surface area (Å²) in [6.07, 6.45) is 2.34. The molecule has 0 amide bonds. The highest BCUT2D eigenvalue weighted by molar-refractivity contribution is 5.31. The minimum atomic E-state index is -1.04. The van der Waals surface area contributed by atoms with Crippen molar-refractivity contribution in [3.05, 3.63) is 41.5 Å². The molecule has 1 aromatic heterocycles. The SMILES string of the molecule is COc1cccc(CN2CCC(O)(c3cn(C(C)C)nn3)C2)c1F. The van der Waals surface area contributed by atoms with Crippen LogP contribution >= 0.6 is 0 Å². The van der Waals surface area contributed by atoms with Crippen LogP contribution in [0.4, 0.5) is 4.39 Å². The molecule has 0 aliphatic carbocycles. The van der Waals surface area contributed by atoms with Crippen LogP contribution < -0.4 is 4.74 Å². The van der Waals surface area contributed by atoms with Crippen LogP contribution in [0.15, 0.2) is 24.4 Å². The lowest BCUT2D eigenvalue weighted by Gasteiger charge is -2.21. The molecular formula is C17H23FN4O2. The van der Waals surface area contributed by atoms with Gasteiger partial charge < -0.3 is 9.84 Å². The molecule has 130 valence electrons. The fraction of sp³-hybridized carbons (Fsp3) is 0.529. The molecule has 0 bridgehead atoms. The average molecular weight is 334 g/mol. The van der Waals surface area contributed by atoms with Crippen molar-refractivity contribution in [2.24, 2.45) is 0 Å². The standard InChI is InChI=1S/C17H23FN4O2/c1-12(2)22-10-15(19-20-22)17(23)7-8-21(11-17)9-13-5-4-6-14(24-3)16(13)18/h4-6,10,12,23H,7-9,11H2,1-3H3. The molecular weight excluding hydrogens is 311 g/mol. The smallest absolute Gasteiger partial charge is 0.169 e. The van der Waals surface area contributed by atoms with Crippen molar-refractivity contribution in [2.75, 3.05) is 20.2 Å². The van der Waals surface area contributed by atoms with Crippen molar-refractivity contribution in [1.29, 1.82) is 0 Å². The Morgan fingerprint density at radius 3 is 2.88 bits per heavy atom. The minimum absolute atomic E-state index is 0.193. The molecule has 0 saturated carbocycles. The lowest BCUT2D eigenvalue weighted by atomic mass is 10.00. The van der Waals surface area contributed by atoms with Crippen molar-refractivity contribution in [2.45, 2.75) is 38.5 Å². The summed E-state index contributed by atoms with van der Waals surface area (Å²) in [5, 5.41) is 19.1. The van der Waals surface area contributed by atoms with Crippen molar-refractivity contribution in [1.82, 2.24) is 19.9 Å². The largest absolute Gasteiger partial charge is 0.494 e. The van der Waals surface area contributed by atoms with Gasteiger partial charge in [0.15, 0.2) is 11.6 Å². The van der Waals surface area contributed by atoms with E-state index in [0.29, 0.717) is 37.3 Å². The molecule has 2 heterocycles. The van der Waals surface area contributed by atoms with Crippen LogP contribution in [0, 0.1) is 5.82 Å². The highest BCUT2D eigenvalue weighted by Crippen LogP contribution is 2.32. The van der Waals surface area contributed by atoms with E-state index in [1.807, 2.05) is 18.7 Å². The van der Waals surface area contributed by atoms with Gasteiger partial charge >= 0.3 is 0 Å². The first-order chi connectivity index (χ1) is 11.4. The number of β-amino-alcohol motifs (C(OH)–C–C–N with tert-alkyl or cyclic N) is 1. The highest BCUT2D eigenvalue weighted by atomic mass is 19.1. The van der Waals surface area contributed by atoms with Gasteiger partial charge in [-0.25, -0.2) is 9.07 Å². The number of hydrogen-bond acceptors (Lipinski definition) is 5. The minimum Gasteiger partial charge on any atom is -0.494 e. The lowest BCUT2D eigenvalue weighted by Crippen LogP contribution is -2.31. The summed E-state index contributed by atoms with van der Waals surface area (Å²) in [6.45, 7) is 5.51. The molecule has 3 rings (SSSR count). The van der Waals surface area contributed by atoms with E-state index in [-0.39, 0.29) is 17.6 Å². The molecule has 6 nitrogen and oxygen atoms in total. The van der Waals surface area contributed by atoms with Crippen molar-refractivity contribution >= 4 is 0 Å². The number of halogens is 1. The zero-order valence-corrected chi connectivity index (χ0v) is 14.2. The van der Waals surface area contributed by atoms with Gasteiger partial charge in [-0.05, 0) is 26.3 Å². The van der Waals surface area contributed by atoms with Crippen LogP contribution in [0.2, 0.25) is 0 Å². The molecule has 0 radical (unpaired) electrons. The van der Waals surface area contributed by atoms with Crippen LogP contribution in [0.1, 0.15) is 37.6 Å². The summed E-state index contributed by atoms with van der Waals surface area (Å²) in [4.78, 5) is 2.02. The molecule has 1 aliphatic heterocycles. The van der Waals surface area contributed by atoms with E-state index >= 15 is 0 Å². The van der Waals surface area contributed by atoms with Crippen LogP contribution in [-0.2, 0) is 12.1 Å². The third kappa shape index (κ3) is 3.14. The topological polar surface area (TPSA) is 63.4 Å². The monoisotopic (exact) mass is 334 g/mol. The van der Waals surface area contributed by atoms with E-state index in [2.05, 4.69) is 10.3 Å². The number of ether oxygens (including phenoxy) is 1. The second kappa shape index (κ2) is 6.49. The van der Waals surface area contributed by atoms with E-state index in [4.69, 9.17) is 4.74 Å². The van der Waals surface area contributed by atoms with Gasteiger partial charge in [-0.3, -0.25) is 4.90 Å². The average Bonchev–Trinajstić information content (AvgIpc) is 3.18. The zero-order valence-electron chi connectivity index (χ0n) is 14.2. The third-order valence-corrected chi connectivity index (χ3v) is 4.50. The fourth-order valence-electron chi connectivity index (χ4n) is 3.03. The molecule has 24 heavy (non-hydrogen) atoms. The maximum atomic E-state index is 14.3. The van der Waals surface area contributed by atoms with Gasteiger partial charge in [0.05, 0.1) is 13.3 Å². The van der Waals surface area contributed by atoms with E-state index in [1.54, 1.807) is 29.1 Å². The van der Waals surface area contributed by atoms with Crippen molar-refractivity contribution in [3.8, 4) is 5.75 Å². The van der Waals surface area contributed by atoms with E-state index in [0.717, 1.165) is 0 Å². The normalized spacial score (nSPS) is 21.6. The number of benzene rings is 1. The quantitative estimate of drug-likeness (QED) is 0.907. The Bertz CT molecular complexity index is 718. The number of aromatic nitrogens is 3. The Morgan fingerprint density at radius 2 is 2.21 bits per heavy atom. The lowest BCUT2D eigenvalue weighted by molar-refractivity contribution is 0.0407. The predicted octanol–water partition coefficient (Wildman–Crippen LogP) is 2.10. The molecule has 1 aliphatic rings. The fourth-order valence-corrected chi connectivity index (χ4v) is 3.03. The predicted molar refractivity (Wildman–Crippen MR) is 87.1 cm³/mol. The first-order valence-electron chi connectivity index (χ1n) is 8.11.